The molecule has 1 aliphatic carbocycles. The lowest BCUT2D eigenvalue weighted by molar-refractivity contribution is -0.140. The van der Waals surface area contributed by atoms with Crippen molar-refractivity contribution in [2.45, 2.75) is 45.1 Å². The van der Waals surface area contributed by atoms with Crippen LogP contribution in [0.1, 0.15) is 39.0 Å². The molecule has 1 aliphatic heterocycles. The average Bonchev–Trinajstić information content (AvgIpc) is 2.72. The van der Waals surface area contributed by atoms with Crippen LogP contribution in [0.2, 0.25) is 0 Å². The molecule has 0 radical (unpaired) electrons. The molecule has 0 spiro atoms. The minimum absolute atomic E-state index is 0.0283. The van der Waals surface area contributed by atoms with E-state index in [1.807, 2.05) is 13.0 Å². The number of oxime groups is 1. The number of aliphatic carboxylic acids is 1. The quantitative estimate of drug-likeness (QED) is 0.828. The van der Waals surface area contributed by atoms with Gasteiger partial charge in [-0.05, 0) is 18.4 Å². The number of carbonyl (C=O) groups excluding carboxylic acids is 1. The molecule has 98 valence electrons. The third-order valence-corrected chi connectivity index (χ3v) is 3.48. The van der Waals surface area contributed by atoms with Crippen molar-refractivity contribution < 1.29 is 19.5 Å². The summed E-state index contributed by atoms with van der Waals surface area (Å²) in [6.45, 7) is 2.00. The highest BCUT2D eigenvalue weighted by molar-refractivity contribution is 6.04. The Balaban J connectivity index is 2.09. The molecule has 0 fully saturated rings. The molecule has 1 N–H and O–H groups in total. The minimum atomic E-state index is -0.872. The number of allylic oxidation sites excluding steroid dienone is 2. The Kier molecular flexibility index (Phi) is 3.79. The molecule has 2 atom stereocenters. The van der Waals surface area contributed by atoms with Crippen molar-refractivity contribution in [3.8, 4) is 0 Å². The number of carboxylic acids is 1. The molecule has 18 heavy (non-hydrogen) atoms. The van der Waals surface area contributed by atoms with Gasteiger partial charge in [0, 0.05) is 18.8 Å². The van der Waals surface area contributed by atoms with E-state index in [4.69, 9.17) is 9.94 Å². The molecule has 0 bridgehead atoms. The molecule has 0 saturated heterocycles. The maximum absolute atomic E-state index is 11.2. The summed E-state index contributed by atoms with van der Waals surface area (Å²) in [6.07, 6.45) is 3.98. The number of carboxylic acid groups (broad SMARTS) is 1. The highest BCUT2D eigenvalue weighted by atomic mass is 16.6. The number of carbonyl (C=O) groups is 2. The van der Waals surface area contributed by atoms with Crippen molar-refractivity contribution in [2.24, 2.45) is 11.1 Å². The Morgan fingerprint density at radius 3 is 2.89 bits per heavy atom. The fraction of sp³-hybridized carbons (Fsp3) is 0.615. The van der Waals surface area contributed by atoms with Gasteiger partial charge in [-0.25, -0.2) is 0 Å². The monoisotopic (exact) mass is 251 g/mol. The van der Waals surface area contributed by atoms with E-state index in [2.05, 4.69) is 5.16 Å². The summed E-state index contributed by atoms with van der Waals surface area (Å²) in [5.41, 5.74) is 1.89. The summed E-state index contributed by atoms with van der Waals surface area (Å²) in [5, 5.41) is 12.9. The Labute approximate surface area is 105 Å². The van der Waals surface area contributed by atoms with Gasteiger partial charge in [0.2, 0.25) is 0 Å². The first kappa shape index (κ1) is 12.8. The predicted octanol–water partition coefficient (Wildman–Crippen LogP) is 1.92. The minimum Gasteiger partial charge on any atom is -0.481 e. The standard InChI is InChI=1S/C13H17NO4/c1-2-10-11(7-12(16)17)18-14-13(10)8-3-5-9(15)6-4-8/h3,10-11H,2,4-7H2,1H3,(H,16,17). The first-order chi connectivity index (χ1) is 8.61. The second kappa shape index (κ2) is 5.33. The number of ketones is 1. The van der Waals surface area contributed by atoms with Crippen LogP contribution in [0.3, 0.4) is 0 Å². The fourth-order valence-electron chi connectivity index (χ4n) is 2.49. The smallest absolute Gasteiger partial charge is 0.307 e. The molecule has 1 heterocycles. The summed E-state index contributed by atoms with van der Waals surface area (Å²) in [6, 6.07) is 0. The third kappa shape index (κ3) is 2.60. The van der Waals surface area contributed by atoms with Crippen LogP contribution in [0.25, 0.3) is 0 Å². The van der Waals surface area contributed by atoms with Crippen molar-refractivity contribution >= 4 is 17.5 Å². The van der Waals surface area contributed by atoms with E-state index in [-0.39, 0.29) is 24.2 Å². The van der Waals surface area contributed by atoms with E-state index in [0.29, 0.717) is 19.3 Å². The number of hydrogen-bond donors (Lipinski definition) is 1. The largest absolute Gasteiger partial charge is 0.481 e. The van der Waals surface area contributed by atoms with E-state index >= 15 is 0 Å². The lowest BCUT2D eigenvalue weighted by atomic mass is 9.84. The van der Waals surface area contributed by atoms with Gasteiger partial charge in [0.15, 0.2) is 0 Å². The molecular weight excluding hydrogens is 234 g/mol. The molecule has 5 heteroatoms. The van der Waals surface area contributed by atoms with Gasteiger partial charge < -0.3 is 9.94 Å². The second-order valence-corrected chi connectivity index (χ2v) is 4.71. The SMILES string of the molecule is CCC1C(C2=CCC(=O)CC2)=NOC1CC(=O)O. The van der Waals surface area contributed by atoms with Crippen LogP contribution in [-0.2, 0) is 14.4 Å². The first-order valence-corrected chi connectivity index (χ1v) is 6.28. The number of rotatable bonds is 4. The fourth-order valence-corrected chi connectivity index (χ4v) is 2.49. The van der Waals surface area contributed by atoms with Gasteiger partial charge in [0.05, 0.1) is 12.1 Å². The Hall–Kier alpha value is -1.65. The molecule has 0 aromatic rings. The van der Waals surface area contributed by atoms with Crippen LogP contribution >= 0.6 is 0 Å². The van der Waals surface area contributed by atoms with Gasteiger partial charge in [-0.15, -0.1) is 0 Å². The zero-order valence-corrected chi connectivity index (χ0v) is 10.4. The molecule has 0 amide bonds. The summed E-state index contributed by atoms with van der Waals surface area (Å²) in [7, 11) is 0. The van der Waals surface area contributed by atoms with Crippen LogP contribution in [-0.4, -0.2) is 28.7 Å². The van der Waals surface area contributed by atoms with Gasteiger partial charge >= 0.3 is 5.97 Å². The number of Topliss-reactive ketones (excluding diaryl/α,β-unsaturated/α-hetero) is 1. The number of hydrogen-bond acceptors (Lipinski definition) is 4. The zero-order valence-electron chi connectivity index (χ0n) is 10.4. The van der Waals surface area contributed by atoms with Gasteiger partial charge in [0.1, 0.15) is 11.9 Å². The van der Waals surface area contributed by atoms with Gasteiger partial charge in [0.25, 0.3) is 0 Å². The van der Waals surface area contributed by atoms with Crippen LogP contribution in [0.4, 0.5) is 0 Å². The van der Waals surface area contributed by atoms with E-state index in [1.54, 1.807) is 0 Å². The molecule has 2 rings (SSSR count). The average molecular weight is 251 g/mol. The van der Waals surface area contributed by atoms with Crippen molar-refractivity contribution in [3.05, 3.63) is 11.6 Å². The van der Waals surface area contributed by atoms with Crippen molar-refractivity contribution in [1.29, 1.82) is 0 Å². The molecule has 0 saturated carbocycles. The summed E-state index contributed by atoms with van der Waals surface area (Å²) >= 11 is 0. The lowest BCUT2D eigenvalue weighted by Gasteiger charge is -2.18. The van der Waals surface area contributed by atoms with Crippen molar-refractivity contribution in [1.82, 2.24) is 0 Å². The van der Waals surface area contributed by atoms with E-state index < -0.39 is 5.97 Å². The normalized spacial score (nSPS) is 27.5. The Morgan fingerprint density at radius 1 is 1.56 bits per heavy atom. The molecule has 2 aliphatic rings. The zero-order chi connectivity index (χ0) is 13.1. The maximum Gasteiger partial charge on any atom is 0.307 e. The molecule has 0 aromatic heterocycles. The molecular formula is C13H17NO4. The third-order valence-electron chi connectivity index (χ3n) is 3.48. The lowest BCUT2D eigenvalue weighted by Crippen LogP contribution is -2.27. The van der Waals surface area contributed by atoms with Crippen LogP contribution in [0.5, 0.6) is 0 Å². The summed E-state index contributed by atoms with van der Waals surface area (Å²) in [5.74, 6) is -0.600. The van der Waals surface area contributed by atoms with Crippen molar-refractivity contribution in [2.75, 3.05) is 0 Å². The molecule has 5 nitrogen and oxygen atoms in total. The van der Waals surface area contributed by atoms with Gasteiger partial charge in [-0.2, -0.15) is 0 Å². The van der Waals surface area contributed by atoms with E-state index in [0.717, 1.165) is 17.7 Å². The van der Waals surface area contributed by atoms with Crippen LogP contribution in [0, 0.1) is 5.92 Å². The molecule has 0 aromatic carbocycles. The second-order valence-electron chi connectivity index (χ2n) is 4.71. The van der Waals surface area contributed by atoms with Crippen LogP contribution < -0.4 is 0 Å². The topological polar surface area (TPSA) is 76.0 Å². The van der Waals surface area contributed by atoms with Crippen molar-refractivity contribution in [3.63, 3.8) is 0 Å². The van der Waals surface area contributed by atoms with E-state index in [1.165, 1.54) is 0 Å². The van der Waals surface area contributed by atoms with Gasteiger partial charge in [-0.1, -0.05) is 18.2 Å². The van der Waals surface area contributed by atoms with Crippen LogP contribution in [0.15, 0.2) is 16.8 Å². The highest BCUT2D eigenvalue weighted by Gasteiger charge is 2.36. The van der Waals surface area contributed by atoms with E-state index in [9.17, 15) is 9.59 Å². The molecule has 2 unspecified atom stereocenters. The first-order valence-electron chi connectivity index (χ1n) is 6.28. The maximum atomic E-state index is 11.2. The Bertz CT molecular complexity index is 425. The Morgan fingerprint density at radius 2 is 2.33 bits per heavy atom. The predicted molar refractivity (Wildman–Crippen MR) is 65.3 cm³/mol. The van der Waals surface area contributed by atoms with Gasteiger partial charge in [-0.3, -0.25) is 9.59 Å². The highest BCUT2D eigenvalue weighted by Crippen LogP contribution is 2.31. The number of nitrogens with zero attached hydrogens (tertiary/aromatic N) is 1. The summed E-state index contributed by atoms with van der Waals surface area (Å²) in [4.78, 5) is 27.2. The summed E-state index contributed by atoms with van der Waals surface area (Å²) < 4.78 is 0.